The molecule has 2 atom stereocenters. The molecule has 106 valence electrons. The molecule has 1 saturated heterocycles. The molecule has 0 saturated carbocycles. The van der Waals surface area contributed by atoms with Gasteiger partial charge in [-0.1, -0.05) is 13.8 Å². The molecule has 1 rings (SSSR count). The maximum atomic E-state index is 12.0. The lowest BCUT2D eigenvalue weighted by atomic mass is 9.88. The third-order valence-corrected chi connectivity index (χ3v) is 3.41. The second-order valence-electron chi connectivity index (χ2n) is 4.98. The summed E-state index contributed by atoms with van der Waals surface area (Å²) in [5, 5.41) is 0. The van der Waals surface area contributed by atoms with Crippen molar-refractivity contribution in [1.82, 2.24) is 4.90 Å². The highest BCUT2D eigenvalue weighted by Gasteiger charge is 2.35. The molecule has 2 unspecified atom stereocenters. The zero-order chi connectivity index (χ0) is 13.5. The molecule has 0 radical (unpaired) electrons. The first-order valence-corrected chi connectivity index (χ1v) is 6.80. The predicted molar refractivity (Wildman–Crippen MR) is 70.2 cm³/mol. The molecule has 18 heavy (non-hydrogen) atoms. The summed E-state index contributed by atoms with van der Waals surface area (Å²) in [6.07, 6.45) is 0. The van der Waals surface area contributed by atoms with Crippen LogP contribution in [0.4, 0.5) is 0 Å². The maximum absolute atomic E-state index is 12.0. The minimum Gasteiger partial charge on any atom is -0.466 e. The van der Waals surface area contributed by atoms with Crippen LogP contribution >= 0.6 is 0 Å². The van der Waals surface area contributed by atoms with Gasteiger partial charge in [-0.3, -0.25) is 9.69 Å². The number of carbonyl (C=O) groups is 1. The summed E-state index contributed by atoms with van der Waals surface area (Å²) in [6, 6.07) is 0.137. The normalized spacial score (nSPS) is 20.7. The Balaban J connectivity index is 2.76. The molecule has 0 spiro atoms. The van der Waals surface area contributed by atoms with Crippen LogP contribution in [-0.4, -0.2) is 56.4 Å². The van der Waals surface area contributed by atoms with Gasteiger partial charge in [-0.05, 0) is 12.8 Å². The van der Waals surface area contributed by atoms with Crippen LogP contribution in [-0.2, 0) is 14.3 Å². The lowest BCUT2D eigenvalue weighted by Gasteiger charge is -2.40. The van der Waals surface area contributed by atoms with Gasteiger partial charge in [0.1, 0.15) is 0 Å². The number of ether oxygens (including phenoxy) is 2. The molecule has 1 fully saturated rings. The van der Waals surface area contributed by atoms with Crippen molar-refractivity contribution in [2.75, 3.05) is 39.5 Å². The summed E-state index contributed by atoms with van der Waals surface area (Å²) in [6.45, 7) is 9.99. The Morgan fingerprint density at radius 3 is 2.44 bits per heavy atom. The third kappa shape index (κ3) is 3.93. The molecule has 0 amide bonds. The van der Waals surface area contributed by atoms with Crippen LogP contribution in [0.2, 0.25) is 0 Å². The Hall–Kier alpha value is -0.650. The summed E-state index contributed by atoms with van der Waals surface area (Å²) in [5.41, 5.74) is 5.79. The number of carbonyl (C=O) groups excluding carboxylic acids is 1. The fourth-order valence-electron chi connectivity index (χ4n) is 2.64. The number of nitrogens with zero attached hydrogens (tertiary/aromatic N) is 1. The van der Waals surface area contributed by atoms with Crippen molar-refractivity contribution in [2.24, 2.45) is 17.6 Å². The van der Waals surface area contributed by atoms with E-state index in [4.69, 9.17) is 15.2 Å². The molecule has 0 aromatic heterocycles. The fraction of sp³-hybridized carbons (Fsp3) is 0.923. The number of esters is 1. The molecule has 5 nitrogen and oxygen atoms in total. The summed E-state index contributed by atoms with van der Waals surface area (Å²) >= 11 is 0. The Labute approximate surface area is 110 Å². The van der Waals surface area contributed by atoms with E-state index >= 15 is 0 Å². The first kappa shape index (κ1) is 15.4. The van der Waals surface area contributed by atoms with Crippen molar-refractivity contribution in [2.45, 2.75) is 26.8 Å². The van der Waals surface area contributed by atoms with Crippen molar-refractivity contribution in [1.29, 1.82) is 0 Å². The molecule has 2 N–H and O–H groups in total. The van der Waals surface area contributed by atoms with Gasteiger partial charge in [0.05, 0.1) is 25.7 Å². The molecule has 0 aliphatic carbocycles. The number of rotatable bonds is 6. The number of nitrogens with two attached hydrogens (primary N) is 1. The molecule has 1 heterocycles. The van der Waals surface area contributed by atoms with Crippen LogP contribution in [0.5, 0.6) is 0 Å². The zero-order valence-corrected chi connectivity index (χ0v) is 11.7. The van der Waals surface area contributed by atoms with Crippen LogP contribution in [0.3, 0.4) is 0 Å². The summed E-state index contributed by atoms with van der Waals surface area (Å²) < 4.78 is 10.5. The molecule has 1 aliphatic heterocycles. The van der Waals surface area contributed by atoms with Gasteiger partial charge < -0.3 is 15.2 Å². The number of hydrogen-bond donors (Lipinski definition) is 1. The van der Waals surface area contributed by atoms with Gasteiger partial charge in [0.2, 0.25) is 0 Å². The monoisotopic (exact) mass is 258 g/mol. The lowest BCUT2D eigenvalue weighted by Crippen LogP contribution is -2.53. The van der Waals surface area contributed by atoms with Crippen LogP contribution in [0.15, 0.2) is 0 Å². The Morgan fingerprint density at radius 2 is 2.00 bits per heavy atom. The molecule has 0 aromatic carbocycles. The minimum atomic E-state index is -0.247. The third-order valence-electron chi connectivity index (χ3n) is 3.41. The van der Waals surface area contributed by atoms with E-state index in [-0.39, 0.29) is 17.9 Å². The fourth-order valence-corrected chi connectivity index (χ4v) is 2.64. The van der Waals surface area contributed by atoms with Crippen LogP contribution in [0.1, 0.15) is 20.8 Å². The van der Waals surface area contributed by atoms with E-state index in [0.29, 0.717) is 19.1 Å². The lowest BCUT2D eigenvalue weighted by molar-refractivity contribution is -0.152. The quantitative estimate of drug-likeness (QED) is 0.702. The maximum Gasteiger partial charge on any atom is 0.311 e. The molecule has 0 bridgehead atoms. The standard InChI is InChI=1S/C13H26N2O3/c1-4-18-13(16)11(9-14)12(10(2)3)15-5-7-17-8-6-15/h10-12H,4-9,14H2,1-3H3. The van der Waals surface area contributed by atoms with Crippen LogP contribution in [0.25, 0.3) is 0 Å². The molecular weight excluding hydrogens is 232 g/mol. The van der Waals surface area contributed by atoms with Crippen molar-refractivity contribution < 1.29 is 14.3 Å². The van der Waals surface area contributed by atoms with Crippen LogP contribution in [0, 0.1) is 11.8 Å². The smallest absolute Gasteiger partial charge is 0.311 e. The number of morpholine rings is 1. The van der Waals surface area contributed by atoms with Crippen molar-refractivity contribution in [3.8, 4) is 0 Å². The second-order valence-corrected chi connectivity index (χ2v) is 4.98. The number of hydrogen-bond acceptors (Lipinski definition) is 5. The zero-order valence-electron chi connectivity index (χ0n) is 11.7. The topological polar surface area (TPSA) is 64.8 Å². The average Bonchev–Trinajstić information content (AvgIpc) is 2.36. The average molecular weight is 258 g/mol. The highest BCUT2D eigenvalue weighted by atomic mass is 16.5. The van der Waals surface area contributed by atoms with E-state index in [0.717, 1.165) is 26.3 Å². The van der Waals surface area contributed by atoms with Crippen molar-refractivity contribution in [3.05, 3.63) is 0 Å². The first-order valence-electron chi connectivity index (χ1n) is 6.80. The van der Waals surface area contributed by atoms with Gasteiger partial charge in [0.15, 0.2) is 0 Å². The molecule has 1 aliphatic rings. The van der Waals surface area contributed by atoms with Gasteiger partial charge in [-0.25, -0.2) is 0 Å². The first-order chi connectivity index (χ1) is 8.61. The molecule has 0 aromatic rings. The highest BCUT2D eigenvalue weighted by molar-refractivity contribution is 5.73. The van der Waals surface area contributed by atoms with E-state index in [2.05, 4.69) is 18.7 Å². The largest absolute Gasteiger partial charge is 0.466 e. The Morgan fingerprint density at radius 1 is 1.39 bits per heavy atom. The Bertz CT molecular complexity index is 253. The van der Waals surface area contributed by atoms with E-state index in [1.807, 2.05) is 6.92 Å². The van der Waals surface area contributed by atoms with Gasteiger partial charge in [-0.15, -0.1) is 0 Å². The van der Waals surface area contributed by atoms with Gasteiger partial charge in [0.25, 0.3) is 0 Å². The summed E-state index contributed by atoms with van der Waals surface area (Å²) in [4.78, 5) is 14.3. The van der Waals surface area contributed by atoms with Crippen molar-refractivity contribution >= 4 is 5.97 Å². The summed E-state index contributed by atoms with van der Waals surface area (Å²) in [7, 11) is 0. The highest BCUT2D eigenvalue weighted by Crippen LogP contribution is 2.21. The van der Waals surface area contributed by atoms with E-state index in [1.165, 1.54) is 0 Å². The predicted octanol–water partition coefficient (Wildman–Crippen LogP) is 0.481. The SMILES string of the molecule is CCOC(=O)C(CN)C(C(C)C)N1CCOCC1. The summed E-state index contributed by atoms with van der Waals surface area (Å²) in [5.74, 6) is -0.0608. The van der Waals surface area contributed by atoms with E-state index in [9.17, 15) is 4.79 Å². The van der Waals surface area contributed by atoms with Gasteiger partial charge in [-0.2, -0.15) is 0 Å². The van der Waals surface area contributed by atoms with Crippen molar-refractivity contribution in [3.63, 3.8) is 0 Å². The Kier molecular flexibility index (Phi) is 6.60. The van der Waals surface area contributed by atoms with E-state index < -0.39 is 0 Å². The van der Waals surface area contributed by atoms with E-state index in [1.54, 1.807) is 0 Å². The van der Waals surface area contributed by atoms with Gasteiger partial charge in [0, 0.05) is 25.7 Å². The molecule has 5 heteroatoms. The second kappa shape index (κ2) is 7.71. The van der Waals surface area contributed by atoms with Crippen LogP contribution < -0.4 is 5.73 Å². The van der Waals surface area contributed by atoms with Gasteiger partial charge >= 0.3 is 5.97 Å². The molecular formula is C13H26N2O3. The minimum absolute atomic E-state index is 0.137.